The predicted octanol–water partition coefficient (Wildman–Crippen LogP) is 2.24. The number of methoxy groups -OCH3 is 1. The summed E-state index contributed by atoms with van der Waals surface area (Å²) in [6.45, 7) is 1.36. The van der Waals surface area contributed by atoms with E-state index in [1.165, 1.54) is 14.0 Å². The summed E-state index contributed by atoms with van der Waals surface area (Å²) in [7, 11) is 1.28. The van der Waals surface area contributed by atoms with E-state index in [-0.39, 0.29) is 5.91 Å². The summed E-state index contributed by atoms with van der Waals surface area (Å²) in [5.41, 5.74) is 1.80. The highest BCUT2D eigenvalue weighted by Gasteiger charge is 2.27. The molecule has 2 N–H and O–H groups in total. The van der Waals surface area contributed by atoms with Gasteiger partial charge in [-0.15, -0.1) is 0 Å². The number of halogens is 1. The van der Waals surface area contributed by atoms with E-state index < -0.39 is 24.0 Å². The molecule has 7 heteroatoms. The lowest BCUT2D eigenvalue weighted by Gasteiger charge is -2.22. The summed E-state index contributed by atoms with van der Waals surface area (Å²) in [5, 5.41) is 5.38. The Labute approximate surface area is 178 Å². The molecule has 2 atom stereocenters. The molecular weight excluding hydrogens is 471 g/mol. The zero-order valence-electron chi connectivity index (χ0n) is 15.8. The number of benzene rings is 2. The number of amides is 2. The molecule has 0 fully saturated rings. The summed E-state index contributed by atoms with van der Waals surface area (Å²) in [6, 6.07) is 15.4. The lowest BCUT2D eigenvalue weighted by atomic mass is 10.0. The van der Waals surface area contributed by atoms with Crippen molar-refractivity contribution >= 4 is 40.4 Å². The van der Waals surface area contributed by atoms with Crippen LogP contribution in [0, 0.1) is 3.57 Å². The van der Waals surface area contributed by atoms with Gasteiger partial charge in [0.15, 0.2) is 0 Å². The molecule has 2 aromatic rings. The van der Waals surface area contributed by atoms with Crippen LogP contribution in [-0.2, 0) is 32.0 Å². The second kappa shape index (κ2) is 10.8. The molecule has 2 rings (SSSR count). The fourth-order valence-corrected chi connectivity index (χ4v) is 3.13. The monoisotopic (exact) mass is 494 g/mol. The van der Waals surface area contributed by atoms with Crippen molar-refractivity contribution in [1.82, 2.24) is 10.6 Å². The van der Waals surface area contributed by atoms with Crippen LogP contribution < -0.4 is 10.6 Å². The van der Waals surface area contributed by atoms with E-state index >= 15 is 0 Å². The second-order valence-electron chi connectivity index (χ2n) is 6.36. The third-order valence-electron chi connectivity index (χ3n) is 4.13. The summed E-state index contributed by atoms with van der Waals surface area (Å²) >= 11 is 2.20. The van der Waals surface area contributed by atoms with Gasteiger partial charge in [0, 0.05) is 23.3 Å². The Kier molecular flexibility index (Phi) is 8.43. The number of rotatable bonds is 8. The summed E-state index contributed by atoms with van der Waals surface area (Å²) in [4.78, 5) is 36.6. The van der Waals surface area contributed by atoms with Gasteiger partial charge in [0.25, 0.3) is 0 Å². The minimum atomic E-state index is -0.843. The number of carbonyl (C=O) groups excluding carboxylic acids is 3. The second-order valence-corrected chi connectivity index (χ2v) is 7.60. The Bertz CT molecular complexity index is 809. The Hall–Kier alpha value is -2.42. The molecule has 2 aromatic carbocycles. The van der Waals surface area contributed by atoms with Gasteiger partial charge in [0.2, 0.25) is 11.8 Å². The van der Waals surface area contributed by atoms with Crippen molar-refractivity contribution in [2.75, 3.05) is 7.11 Å². The van der Waals surface area contributed by atoms with Crippen molar-refractivity contribution in [1.29, 1.82) is 0 Å². The Morgan fingerprint density at radius 2 is 1.46 bits per heavy atom. The van der Waals surface area contributed by atoms with E-state index in [0.717, 1.165) is 14.7 Å². The SMILES string of the molecule is COC(=O)[C@H](Cc1ccc(I)cc1)NC(=O)[C@@H](Cc1ccccc1)NC(C)=O. The van der Waals surface area contributed by atoms with Crippen LogP contribution in [0.25, 0.3) is 0 Å². The number of ether oxygens (including phenoxy) is 1. The smallest absolute Gasteiger partial charge is 0.328 e. The van der Waals surface area contributed by atoms with Gasteiger partial charge in [0.1, 0.15) is 12.1 Å². The maximum absolute atomic E-state index is 12.8. The fraction of sp³-hybridized carbons (Fsp3) is 0.286. The number of nitrogens with one attached hydrogen (secondary N) is 2. The van der Waals surface area contributed by atoms with Gasteiger partial charge in [-0.2, -0.15) is 0 Å². The maximum atomic E-state index is 12.8. The van der Waals surface area contributed by atoms with Crippen molar-refractivity contribution in [3.8, 4) is 0 Å². The first-order chi connectivity index (χ1) is 13.4. The van der Waals surface area contributed by atoms with Gasteiger partial charge in [-0.05, 0) is 45.9 Å². The highest BCUT2D eigenvalue weighted by molar-refractivity contribution is 14.1. The molecule has 28 heavy (non-hydrogen) atoms. The van der Waals surface area contributed by atoms with Crippen LogP contribution in [0.15, 0.2) is 54.6 Å². The molecule has 0 heterocycles. The van der Waals surface area contributed by atoms with Gasteiger partial charge in [-0.3, -0.25) is 9.59 Å². The molecule has 0 aromatic heterocycles. The molecule has 0 saturated carbocycles. The molecular formula is C21H23IN2O4. The lowest BCUT2D eigenvalue weighted by molar-refractivity contribution is -0.145. The van der Waals surface area contributed by atoms with Gasteiger partial charge in [-0.25, -0.2) is 4.79 Å². The van der Waals surface area contributed by atoms with Gasteiger partial charge >= 0.3 is 5.97 Å². The van der Waals surface area contributed by atoms with Gasteiger partial charge in [0.05, 0.1) is 7.11 Å². The number of esters is 1. The van der Waals surface area contributed by atoms with E-state index in [2.05, 4.69) is 33.2 Å². The third kappa shape index (κ3) is 6.95. The highest BCUT2D eigenvalue weighted by atomic mass is 127. The Morgan fingerprint density at radius 1 is 0.893 bits per heavy atom. The minimum Gasteiger partial charge on any atom is -0.467 e. The van der Waals surface area contributed by atoms with Gasteiger partial charge in [-0.1, -0.05) is 42.5 Å². The van der Waals surface area contributed by atoms with Crippen LogP contribution in [0.3, 0.4) is 0 Å². The van der Waals surface area contributed by atoms with Crippen LogP contribution >= 0.6 is 22.6 Å². The molecule has 0 bridgehead atoms. The molecule has 0 aliphatic carbocycles. The molecule has 0 radical (unpaired) electrons. The predicted molar refractivity (Wildman–Crippen MR) is 115 cm³/mol. The first kappa shape index (κ1) is 21.9. The van der Waals surface area contributed by atoms with Crippen molar-refractivity contribution < 1.29 is 19.1 Å². The molecule has 6 nitrogen and oxygen atoms in total. The number of carbonyl (C=O) groups is 3. The van der Waals surface area contributed by atoms with Crippen LogP contribution in [-0.4, -0.2) is 37.0 Å². The third-order valence-corrected chi connectivity index (χ3v) is 4.85. The molecule has 148 valence electrons. The Balaban J connectivity index is 2.14. The highest BCUT2D eigenvalue weighted by Crippen LogP contribution is 2.10. The molecule has 0 aliphatic heterocycles. The largest absolute Gasteiger partial charge is 0.467 e. The van der Waals surface area contributed by atoms with Crippen molar-refractivity contribution in [3.63, 3.8) is 0 Å². The van der Waals surface area contributed by atoms with Crippen molar-refractivity contribution in [2.24, 2.45) is 0 Å². The Morgan fingerprint density at radius 3 is 2.04 bits per heavy atom. The molecule has 0 spiro atoms. The first-order valence-electron chi connectivity index (χ1n) is 8.82. The maximum Gasteiger partial charge on any atom is 0.328 e. The normalized spacial score (nSPS) is 12.5. The average Bonchev–Trinajstić information content (AvgIpc) is 2.68. The summed E-state index contributed by atoms with van der Waals surface area (Å²) < 4.78 is 5.92. The van der Waals surface area contributed by atoms with Crippen LogP contribution in [0.5, 0.6) is 0 Å². The van der Waals surface area contributed by atoms with Crippen LogP contribution in [0.1, 0.15) is 18.1 Å². The summed E-state index contributed by atoms with van der Waals surface area (Å²) in [5.74, 6) is -1.28. The molecule has 0 aliphatic rings. The molecule has 0 saturated heterocycles. The van der Waals surface area contributed by atoms with E-state index in [1.807, 2.05) is 54.6 Å². The zero-order valence-corrected chi connectivity index (χ0v) is 17.9. The van der Waals surface area contributed by atoms with E-state index in [9.17, 15) is 14.4 Å². The lowest BCUT2D eigenvalue weighted by Crippen LogP contribution is -2.53. The fourth-order valence-electron chi connectivity index (χ4n) is 2.77. The van der Waals surface area contributed by atoms with E-state index in [4.69, 9.17) is 4.74 Å². The van der Waals surface area contributed by atoms with E-state index in [0.29, 0.717) is 12.8 Å². The zero-order chi connectivity index (χ0) is 20.5. The quantitative estimate of drug-likeness (QED) is 0.436. The average molecular weight is 494 g/mol. The molecule has 0 unspecified atom stereocenters. The standard InChI is InChI=1S/C21H23IN2O4/c1-14(25)23-18(12-15-6-4-3-5-7-15)20(26)24-19(21(27)28-2)13-16-8-10-17(22)11-9-16/h3-11,18-19H,12-13H2,1-2H3,(H,23,25)(H,24,26)/t18-,19+/m1/s1. The molecule has 2 amide bonds. The minimum absolute atomic E-state index is 0.299. The number of hydrogen-bond donors (Lipinski definition) is 2. The summed E-state index contributed by atoms with van der Waals surface area (Å²) in [6.07, 6.45) is 0.622. The topological polar surface area (TPSA) is 84.5 Å². The number of hydrogen-bond acceptors (Lipinski definition) is 4. The first-order valence-corrected chi connectivity index (χ1v) is 9.90. The van der Waals surface area contributed by atoms with Crippen LogP contribution in [0.2, 0.25) is 0 Å². The van der Waals surface area contributed by atoms with Crippen molar-refractivity contribution in [3.05, 3.63) is 69.3 Å². The van der Waals surface area contributed by atoms with Crippen molar-refractivity contribution in [2.45, 2.75) is 31.8 Å². The van der Waals surface area contributed by atoms with E-state index in [1.54, 1.807) is 0 Å². The van der Waals surface area contributed by atoms with Gasteiger partial charge < -0.3 is 15.4 Å². The van der Waals surface area contributed by atoms with Crippen LogP contribution in [0.4, 0.5) is 0 Å².